The number of halogens is 3. The van der Waals surface area contributed by atoms with Gasteiger partial charge in [0.1, 0.15) is 0 Å². The molecule has 1 aliphatic rings. The fourth-order valence-electron chi connectivity index (χ4n) is 3.23. The summed E-state index contributed by atoms with van der Waals surface area (Å²) in [7, 11) is 1.37. The van der Waals surface area contributed by atoms with Gasteiger partial charge in [-0.1, -0.05) is 0 Å². The maximum Gasteiger partial charge on any atom is 0.418 e. The number of nitrogens with one attached hydrogen (secondary N) is 1. The molecular weight excluding hydrogens is 429 g/mol. The van der Waals surface area contributed by atoms with Crippen LogP contribution in [0.1, 0.15) is 22.8 Å². The summed E-state index contributed by atoms with van der Waals surface area (Å²) in [5.41, 5.74) is -0.501. The number of hydrogen-bond acceptors (Lipinski definition) is 6. The molecule has 3 rings (SSSR count). The number of hydrogen-bond donors (Lipinski definition) is 1. The van der Waals surface area contributed by atoms with E-state index in [0.29, 0.717) is 37.6 Å². The van der Waals surface area contributed by atoms with Crippen molar-refractivity contribution < 1.29 is 37.0 Å². The third kappa shape index (κ3) is 5.70. The lowest BCUT2D eigenvalue weighted by atomic mass is 10.1. The number of benzene rings is 2. The number of anilines is 2. The molecule has 10 heteroatoms. The van der Waals surface area contributed by atoms with Gasteiger partial charge in [-0.3, -0.25) is 9.59 Å². The minimum Gasteiger partial charge on any atom is -0.493 e. The Bertz CT molecular complexity index is 988. The highest BCUT2D eigenvalue weighted by molar-refractivity contribution is 5.95. The highest BCUT2D eigenvalue weighted by Gasteiger charge is 2.35. The minimum absolute atomic E-state index is 0.173. The molecule has 0 bridgehead atoms. The van der Waals surface area contributed by atoms with Crippen molar-refractivity contribution in [1.82, 2.24) is 0 Å². The smallest absolute Gasteiger partial charge is 0.418 e. The van der Waals surface area contributed by atoms with Gasteiger partial charge in [0, 0.05) is 24.3 Å². The molecule has 2 aromatic carbocycles. The number of nitrogens with zero attached hydrogens (tertiary/aromatic N) is 1. The highest BCUT2D eigenvalue weighted by atomic mass is 19.4. The molecular formula is C22H23F3N2O5. The number of Topliss-reactive ketones (excluding diaryl/α,β-unsaturated/α-hetero) is 1. The summed E-state index contributed by atoms with van der Waals surface area (Å²) in [6, 6.07) is 8.20. The van der Waals surface area contributed by atoms with Gasteiger partial charge in [-0.05, 0) is 43.3 Å². The minimum atomic E-state index is -4.66. The Morgan fingerprint density at radius 2 is 1.81 bits per heavy atom. The van der Waals surface area contributed by atoms with Crippen molar-refractivity contribution in [3.05, 3.63) is 47.5 Å². The number of alkyl halides is 3. The first-order valence-corrected chi connectivity index (χ1v) is 9.84. The van der Waals surface area contributed by atoms with Gasteiger partial charge in [0.05, 0.1) is 31.6 Å². The van der Waals surface area contributed by atoms with E-state index in [1.54, 1.807) is 4.90 Å². The maximum absolute atomic E-state index is 13.6. The van der Waals surface area contributed by atoms with E-state index in [-0.39, 0.29) is 23.0 Å². The van der Waals surface area contributed by atoms with Crippen LogP contribution < -0.4 is 19.7 Å². The van der Waals surface area contributed by atoms with E-state index in [9.17, 15) is 22.8 Å². The molecule has 1 N–H and O–H groups in total. The molecule has 0 spiro atoms. The van der Waals surface area contributed by atoms with Gasteiger partial charge < -0.3 is 24.4 Å². The number of ether oxygens (including phenoxy) is 3. The van der Waals surface area contributed by atoms with E-state index in [1.165, 1.54) is 44.4 Å². The molecule has 1 amide bonds. The topological polar surface area (TPSA) is 77.1 Å². The summed E-state index contributed by atoms with van der Waals surface area (Å²) in [5, 5.41) is 2.26. The van der Waals surface area contributed by atoms with Crippen LogP contribution in [0.25, 0.3) is 0 Å². The van der Waals surface area contributed by atoms with E-state index in [4.69, 9.17) is 14.2 Å². The fraction of sp³-hybridized carbons (Fsp3) is 0.364. The Hall–Kier alpha value is -3.27. The van der Waals surface area contributed by atoms with Crippen molar-refractivity contribution in [3.63, 3.8) is 0 Å². The third-order valence-electron chi connectivity index (χ3n) is 4.89. The Kier molecular flexibility index (Phi) is 7.24. The predicted octanol–water partition coefficient (Wildman–Crippen LogP) is 3.77. The zero-order chi connectivity index (χ0) is 23.3. The van der Waals surface area contributed by atoms with E-state index in [1.807, 2.05) is 0 Å². The Morgan fingerprint density at radius 3 is 2.44 bits per heavy atom. The summed E-state index contributed by atoms with van der Waals surface area (Å²) < 4.78 is 56.7. The average molecular weight is 452 g/mol. The number of methoxy groups -OCH3 is 1. The van der Waals surface area contributed by atoms with E-state index < -0.39 is 24.3 Å². The second-order valence-corrected chi connectivity index (χ2v) is 7.09. The number of carbonyl (C=O) groups is 2. The van der Waals surface area contributed by atoms with Gasteiger partial charge in [-0.25, -0.2) is 0 Å². The quantitative estimate of drug-likeness (QED) is 0.645. The van der Waals surface area contributed by atoms with Crippen LogP contribution in [0.4, 0.5) is 24.5 Å². The van der Waals surface area contributed by atoms with Crippen LogP contribution in [-0.4, -0.2) is 51.7 Å². The van der Waals surface area contributed by atoms with Gasteiger partial charge in [0.25, 0.3) is 5.91 Å². The molecule has 7 nitrogen and oxygen atoms in total. The van der Waals surface area contributed by atoms with Crippen molar-refractivity contribution >= 4 is 23.1 Å². The van der Waals surface area contributed by atoms with Crippen LogP contribution in [0.15, 0.2) is 36.4 Å². The molecule has 2 aromatic rings. The summed E-state index contributed by atoms with van der Waals surface area (Å²) in [5.74, 6) is -0.525. The second kappa shape index (κ2) is 9.90. The summed E-state index contributed by atoms with van der Waals surface area (Å²) in [6.07, 6.45) is -4.66. The molecule has 0 aromatic heterocycles. The first-order valence-electron chi connectivity index (χ1n) is 9.84. The van der Waals surface area contributed by atoms with Crippen LogP contribution in [-0.2, 0) is 15.7 Å². The largest absolute Gasteiger partial charge is 0.493 e. The number of amides is 1. The zero-order valence-corrected chi connectivity index (χ0v) is 17.6. The molecule has 0 saturated carbocycles. The van der Waals surface area contributed by atoms with Crippen LogP contribution in [0.2, 0.25) is 0 Å². The van der Waals surface area contributed by atoms with Gasteiger partial charge >= 0.3 is 6.18 Å². The lowest BCUT2D eigenvalue weighted by Crippen LogP contribution is -2.36. The fourth-order valence-corrected chi connectivity index (χ4v) is 3.23. The van der Waals surface area contributed by atoms with Crippen molar-refractivity contribution in [1.29, 1.82) is 0 Å². The molecule has 1 saturated heterocycles. The van der Waals surface area contributed by atoms with Crippen LogP contribution >= 0.6 is 0 Å². The van der Waals surface area contributed by atoms with Gasteiger partial charge in [-0.15, -0.1) is 0 Å². The molecule has 32 heavy (non-hydrogen) atoms. The monoisotopic (exact) mass is 452 g/mol. The van der Waals surface area contributed by atoms with Crippen molar-refractivity contribution in [2.45, 2.75) is 13.1 Å². The van der Waals surface area contributed by atoms with Gasteiger partial charge in [-0.2, -0.15) is 13.2 Å². The van der Waals surface area contributed by atoms with Crippen molar-refractivity contribution in [2.24, 2.45) is 0 Å². The van der Waals surface area contributed by atoms with Gasteiger partial charge in [0.15, 0.2) is 23.9 Å². The van der Waals surface area contributed by atoms with Crippen LogP contribution in [0, 0.1) is 0 Å². The lowest BCUT2D eigenvalue weighted by Gasteiger charge is -2.29. The number of carbonyl (C=O) groups excluding carboxylic acids is 2. The van der Waals surface area contributed by atoms with Crippen molar-refractivity contribution in [3.8, 4) is 11.5 Å². The lowest BCUT2D eigenvalue weighted by molar-refractivity contribution is -0.137. The first kappa shape index (κ1) is 23.4. The molecule has 172 valence electrons. The second-order valence-electron chi connectivity index (χ2n) is 7.09. The standard InChI is InChI=1S/C22H23F3N2O5/c1-14(28)15-3-6-19(20(11-15)30-2)32-13-21(29)26-18-5-4-16(12-17(18)22(23,24)25)27-7-9-31-10-8-27/h3-6,11-12H,7-10,13H2,1-2H3,(H,26,29). The predicted molar refractivity (Wildman–Crippen MR) is 112 cm³/mol. The zero-order valence-electron chi connectivity index (χ0n) is 17.6. The molecule has 1 fully saturated rings. The summed E-state index contributed by atoms with van der Waals surface area (Å²) >= 11 is 0. The summed E-state index contributed by atoms with van der Waals surface area (Å²) in [6.45, 7) is 2.70. The average Bonchev–Trinajstić information content (AvgIpc) is 2.77. The Morgan fingerprint density at radius 1 is 1.09 bits per heavy atom. The maximum atomic E-state index is 13.6. The highest BCUT2D eigenvalue weighted by Crippen LogP contribution is 2.37. The van der Waals surface area contributed by atoms with Crippen LogP contribution in [0.5, 0.6) is 11.5 Å². The SMILES string of the molecule is COc1cc(C(C)=O)ccc1OCC(=O)Nc1ccc(N2CCOCC2)cc1C(F)(F)F. The number of ketones is 1. The Labute approximate surface area is 183 Å². The molecule has 0 atom stereocenters. The normalized spacial score (nSPS) is 14.1. The van der Waals surface area contributed by atoms with Crippen LogP contribution in [0.3, 0.4) is 0 Å². The molecule has 0 radical (unpaired) electrons. The molecule has 0 unspecified atom stereocenters. The van der Waals surface area contributed by atoms with E-state index in [2.05, 4.69) is 5.32 Å². The molecule has 1 aliphatic heterocycles. The van der Waals surface area contributed by atoms with Crippen molar-refractivity contribution in [2.75, 3.05) is 50.2 Å². The van der Waals surface area contributed by atoms with Gasteiger partial charge in [0.2, 0.25) is 0 Å². The Balaban J connectivity index is 1.72. The number of morpholine rings is 1. The molecule has 0 aliphatic carbocycles. The first-order chi connectivity index (χ1) is 15.2. The summed E-state index contributed by atoms with van der Waals surface area (Å²) in [4.78, 5) is 25.6. The van der Waals surface area contributed by atoms with E-state index in [0.717, 1.165) is 6.07 Å². The third-order valence-corrected chi connectivity index (χ3v) is 4.89. The van der Waals surface area contributed by atoms with E-state index >= 15 is 0 Å². The molecule has 1 heterocycles. The number of rotatable bonds is 7.